The Labute approximate surface area is 172 Å². The van der Waals surface area contributed by atoms with Crippen LogP contribution in [0.5, 0.6) is 0 Å². The van der Waals surface area contributed by atoms with Gasteiger partial charge in [0.25, 0.3) is 5.91 Å². The normalized spacial score (nSPS) is 11.8. The lowest BCUT2D eigenvalue weighted by molar-refractivity contribution is -0.112. The molecule has 0 aliphatic heterocycles. The minimum atomic E-state index is -0.619. The molecule has 8 heteroatoms. The number of aliphatic hydroxyl groups is 1. The molecule has 4 N–H and O–H groups in total. The van der Waals surface area contributed by atoms with Crippen molar-refractivity contribution in [3.05, 3.63) is 64.6 Å². The molecule has 28 heavy (non-hydrogen) atoms. The van der Waals surface area contributed by atoms with E-state index in [1.54, 1.807) is 38.1 Å². The lowest BCUT2D eigenvalue weighted by Gasteiger charge is -2.14. The van der Waals surface area contributed by atoms with E-state index in [4.69, 9.17) is 17.0 Å². The van der Waals surface area contributed by atoms with Gasteiger partial charge in [0.2, 0.25) is 0 Å². The van der Waals surface area contributed by atoms with E-state index in [1.807, 2.05) is 0 Å². The van der Waals surface area contributed by atoms with Gasteiger partial charge in [-0.15, -0.1) is 0 Å². The Balaban J connectivity index is 2.17. The highest BCUT2D eigenvalue weighted by Gasteiger charge is 2.20. The molecule has 0 bridgehead atoms. The first kappa shape index (κ1) is 21.8. The summed E-state index contributed by atoms with van der Waals surface area (Å²) in [6.45, 7) is 4.87. The molecule has 0 unspecified atom stereocenters. The third-order valence-electron chi connectivity index (χ3n) is 3.72. The van der Waals surface area contributed by atoms with E-state index >= 15 is 0 Å². The quantitative estimate of drug-likeness (QED) is 0.190. The third kappa shape index (κ3) is 5.74. The molecule has 2 aromatic carbocycles. The van der Waals surface area contributed by atoms with E-state index in [9.17, 15) is 14.3 Å². The summed E-state index contributed by atoms with van der Waals surface area (Å²) in [4.78, 5) is 12.8. The monoisotopic (exact) mass is 421 g/mol. The number of hydrogen-bond acceptors (Lipinski definition) is 5. The van der Waals surface area contributed by atoms with Crippen LogP contribution in [-0.2, 0) is 4.79 Å². The molecule has 0 spiro atoms. The molecule has 0 radical (unpaired) electrons. The van der Waals surface area contributed by atoms with Gasteiger partial charge in [-0.3, -0.25) is 4.79 Å². The van der Waals surface area contributed by atoms with Crippen molar-refractivity contribution in [2.75, 3.05) is 10.0 Å². The van der Waals surface area contributed by atoms with Gasteiger partial charge in [0.05, 0.1) is 10.5 Å². The zero-order valence-corrected chi connectivity index (χ0v) is 17.2. The zero-order chi connectivity index (χ0) is 20.8. The van der Waals surface area contributed by atoms with Crippen LogP contribution in [0.1, 0.15) is 20.8 Å². The number of carbonyl (C=O) groups is 1. The summed E-state index contributed by atoms with van der Waals surface area (Å²) >= 11 is 6.89. The van der Waals surface area contributed by atoms with E-state index < -0.39 is 11.7 Å². The summed E-state index contributed by atoms with van der Waals surface area (Å²) in [6.07, 6.45) is 0. The van der Waals surface area contributed by atoms with E-state index in [0.29, 0.717) is 10.7 Å². The lowest BCUT2D eigenvalue weighted by Crippen LogP contribution is -2.22. The predicted molar refractivity (Wildman–Crippen MR) is 114 cm³/mol. The number of nitrogens with one attached hydrogen (secondary N) is 3. The Kier molecular flexibility index (Phi) is 7.48. The molecule has 0 aliphatic carbocycles. The van der Waals surface area contributed by atoms with Crippen molar-refractivity contribution in [2.24, 2.45) is 5.92 Å². The molecular weight excluding hydrogens is 401 g/mol. The van der Waals surface area contributed by atoms with E-state index in [-0.39, 0.29) is 27.9 Å². The fraction of sp³-hybridized carbons (Fsp3) is 0.200. The number of carbonyl (C=O) groups excluding carboxylic acids is 1. The molecular formula is C20H21ClFN3O2S. The van der Waals surface area contributed by atoms with Gasteiger partial charge in [-0.05, 0) is 61.3 Å². The van der Waals surface area contributed by atoms with E-state index in [1.165, 1.54) is 25.1 Å². The van der Waals surface area contributed by atoms with Crippen LogP contribution in [0.25, 0.3) is 0 Å². The van der Waals surface area contributed by atoms with E-state index in [2.05, 4.69) is 10.0 Å². The fourth-order valence-corrected chi connectivity index (χ4v) is 3.09. The summed E-state index contributed by atoms with van der Waals surface area (Å²) in [7, 11) is 0. The largest absolute Gasteiger partial charge is 0.511 e. The Bertz CT molecular complexity index is 914. The number of halogens is 2. The summed E-state index contributed by atoms with van der Waals surface area (Å²) in [5.74, 6) is -1.53. The molecule has 148 valence electrons. The van der Waals surface area contributed by atoms with Gasteiger partial charge in [0, 0.05) is 28.0 Å². The van der Waals surface area contributed by atoms with Gasteiger partial charge >= 0.3 is 0 Å². The summed E-state index contributed by atoms with van der Waals surface area (Å²) in [6, 6.07) is 11.1. The van der Waals surface area contributed by atoms with Crippen LogP contribution in [0.2, 0.25) is 5.02 Å². The Morgan fingerprint density at radius 3 is 2.36 bits per heavy atom. The minimum absolute atomic E-state index is 0.0511. The second-order valence-electron chi connectivity index (χ2n) is 6.35. The number of anilines is 2. The maximum atomic E-state index is 14.1. The van der Waals surface area contributed by atoms with Crippen LogP contribution >= 0.6 is 23.5 Å². The number of allylic oxidation sites excluding steroid dienone is 1. The van der Waals surface area contributed by atoms with Crippen molar-refractivity contribution in [1.29, 1.82) is 5.41 Å². The average molecular weight is 422 g/mol. The van der Waals surface area contributed by atoms with Crippen LogP contribution in [0.3, 0.4) is 0 Å². The number of aliphatic hydroxyl groups excluding tert-OH is 1. The molecule has 1 amide bonds. The zero-order valence-electron chi connectivity index (χ0n) is 15.6. The fourth-order valence-electron chi connectivity index (χ4n) is 2.25. The number of hydrogen-bond donors (Lipinski definition) is 4. The van der Waals surface area contributed by atoms with Gasteiger partial charge in [-0.1, -0.05) is 25.4 Å². The molecule has 0 fully saturated rings. The highest BCUT2D eigenvalue weighted by Crippen LogP contribution is 2.27. The van der Waals surface area contributed by atoms with Crippen molar-refractivity contribution in [3.8, 4) is 0 Å². The van der Waals surface area contributed by atoms with Gasteiger partial charge in [0.1, 0.15) is 11.6 Å². The van der Waals surface area contributed by atoms with Crippen molar-refractivity contribution in [2.45, 2.75) is 25.7 Å². The Morgan fingerprint density at radius 2 is 1.79 bits per heavy atom. The highest BCUT2D eigenvalue weighted by atomic mass is 35.5. The lowest BCUT2D eigenvalue weighted by atomic mass is 10.0. The summed E-state index contributed by atoms with van der Waals surface area (Å²) in [5, 5.41) is 21.1. The minimum Gasteiger partial charge on any atom is -0.511 e. The van der Waals surface area contributed by atoms with Gasteiger partial charge in [-0.25, -0.2) is 4.39 Å². The first-order valence-electron chi connectivity index (χ1n) is 8.47. The number of rotatable bonds is 7. The summed E-state index contributed by atoms with van der Waals surface area (Å²) < 4.78 is 17.1. The first-order valence-corrected chi connectivity index (χ1v) is 9.66. The summed E-state index contributed by atoms with van der Waals surface area (Å²) in [5.41, 5.74) is 0.953. The molecule has 0 heterocycles. The average Bonchev–Trinajstić information content (AvgIpc) is 2.63. The first-order chi connectivity index (χ1) is 13.2. The topological polar surface area (TPSA) is 85.2 Å². The standard InChI is InChI=1S/C20H21ClFN3O2S/c1-11(2)19(26)18(12(3)23)20(27)24-15-8-9-16(22)17(10-15)28-25-14-6-4-13(21)5-7-14/h4-11,23,25-26H,1-3H3,(H,24,27)/b19-18+,23-12?. The smallest absolute Gasteiger partial charge is 0.260 e. The van der Waals surface area contributed by atoms with Crippen LogP contribution in [0.4, 0.5) is 15.8 Å². The van der Waals surface area contributed by atoms with Crippen molar-refractivity contribution >= 4 is 46.5 Å². The molecule has 2 rings (SSSR count). The van der Waals surface area contributed by atoms with Crippen molar-refractivity contribution < 1.29 is 14.3 Å². The van der Waals surface area contributed by atoms with Gasteiger partial charge in [0.15, 0.2) is 0 Å². The van der Waals surface area contributed by atoms with Crippen LogP contribution in [0, 0.1) is 17.1 Å². The van der Waals surface area contributed by atoms with E-state index in [0.717, 1.165) is 17.6 Å². The maximum absolute atomic E-state index is 14.1. The third-order valence-corrected chi connectivity index (χ3v) is 4.84. The molecule has 0 saturated carbocycles. The molecule has 0 aromatic heterocycles. The number of amides is 1. The van der Waals surface area contributed by atoms with Gasteiger partial charge < -0.3 is 20.6 Å². The van der Waals surface area contributed by atoms with Crippen molar-refractivity contribution in [3.63, 3.8) is 0 Å². The Morgan fingerprint density at radius 1 is 1.18 bits per heavy atom. The van der Waals surface area contributed by atoms with Crippen LogP contribution in [-0.4, -0.2) is 16.7 Å². The van der Waals surface area contributed by atoms with Crippen LogP contribution in [0.15, 0.2) is 58.7 Å². The number of benzene rings is 2. The van der Waals surface area contributed by atoms with Crippen molar-refractivity contribution in [1.82, 2.24) is 0 Å². The molecule has 0 atom stereocenters. The SMILES string of the molecule is CC(=N)/C(C(=O)Nc1ccc(F)c(SNc2ccc(Cl)cc2)c1)=C(\O)C(C)C. The Hall–Kier alpha value is -2.51. The van der Waals surface area contributed by atoms with Gasteiger partial charge in [-0.2, -0.15) is 0 Å². The second kappa shape index (κ2) is 9.61. The maximum Gasteiger partial charge on any atom is 0.260 e. The predicted octanol–water partition coefficient (Wildman–Crippen LogP) is 6.04. The van der Waals surface area contributed by atoms with Crippen LogP contribution < -0.4 is 10.0 Å². The molecule has 0 aliphatic rings. The highest BCUT2D eigenvalue weighted by molar-refractivity contribution is 8.00. The second-order valence-corrected chi connectivity index (χ2v) is 7.63. The molecule has 0 saturated heterocycles. The molecule has 2 aromatic rings. The molecule has 5 nitrogen and oxygen atoms in total.